The van der Waals surface area contributed by atoms with E-state index < -0.39 is 0 Å². The van der Waals surface area contributed by atoms with Crippen molar-refractivity contribution in [1.29, 1.82) is 0 Å². The first-order valence-corrected chi connectivity index (χ1v) is 8.49. The van der Waals surface area contributed by atoms with Gasteiger partial charge < -0.3 is 9.73 Å². The van der Waals surface area contributed by atoms with Crippen molar-refractivity contribution in [3.05, 3.63) is 76.7 Å². The van der Waals surface area contributed by atoms with Gasteiger partial charge in [0, 0.05) is 35.4 Å². The lowest BCUT2D eigenvalue weighted by atomic mass is 10.1. The zero-order valence-electron chi connectivity index (χ0n) is 13.0. The zero-order valence-corrected chi connectivity index (χ0v) is 14.6. The topological polar surface area (TPSA) is 55.1 Å². The largest absolute Gasteiger partial charge is 0.464 e. The number of hydrogen-bond acceptors (Lipinski definition) is 3. The molecule has 0 aliphatic carbocycles. The first-order chi connectivity index (χ1) is 11.7. The van der Waals surface area contributed by atoms with Gasteiger partial charge in [0.25, 0.3) is 0 Å². The van der Waals surface area contributed by atoms with E-state index in [4.69, 9.17) is 4.42 Å². The molecule has 1 N–H and O–H groups in total. The van der Waals surface area contributed by atoms with Gasteiger partial charge in [-0.05, 0) is 41.8 Å². The number of pyridine rings is 1. The molecular weight excluding hydrogens is 368 g/mol. The van der Waals surface area contributed by atoms with E-state index in [9.17, 15) is 4.79 Å². The van der Waals surface area contributed by atoms with Crippen molar-refractivity contribution in [3.63, 3.8) is 0 Å². The Bertz CT molecular complexity index is 816. The van der Waals surface area contributed by atoms with Gasteiger partial charge in [-0.1, -0.05) is 34.1 Å². The number of carbonyl (C=O) groups excluding carboxylic acids is 1. The van der Waals surface area contributed by atoms with Crippen molar-refractivity contribution >= 4 is 21.8 Å². The molecule has 0 fully saturated rings. The fourth-order valence-electron chi connectivity index (χ4n) is 2.40. The summed E-state index contributed by atoms with van der Waals surface area (Å²) in [6.45, 7) is 0.455. The molecular formula is C19H17BrN2O2. The Hall–Kier alpha value is -2.40. The molecule has 3 rings (SSSR count). The Morgan fingerprint density at radius 2 is 2.04 bits per heavy atom. The van der Waals surface area contributed by atoms with Gasteiger partial charge >= 0.3 is 0 Å². The minimum Gasteiger partial charge on any atom is -0.464 e. The number of carbonyl (C=O) groups is 1. The number of aromatic nitrogens is 1. The summed E-state index contributed by atoms with van der Waals surface area (Å²) in [5.74, 6) is 0.791. The maximum atomic E-state index is 12.0. The van der Waals surface area contributed by atoms with Crippen LogP contribution in [-0.2, 0) is 17.8 Å². The Morgan fingerprint density at radius 1 is 1.17 bits per heavy atom. The van der Waals surface area contributed by atoms with Crippen LogP contribution in [0.3, 0.4) is 0 Å². The second-order valence-electron chi connectivity index (χ2n) is 5.43. The van der Waals surface area contributed by atoms with Crippen molar-refractivity contribution in [2.24, 2.45) is 0 Å². The van der Waals surface area contributed by atoms with E-state index in [2.05, 4.69) is 26.2 Å². The predicted molar refractivity (Wildman–Crippen MR) is 96.2 cm³/mol. The van der Waals surface area contributed by atoms with E-state index in [0.29, 0.717) is 19.4 Å². The lowest BCUT2D eigenvalue weighted by Gasteiger charge is -2.07. The molecule has 0 radical (unpaired) electrons. The number of nitrogens with one attached hydrogen (secondary N) is 1. The van der Waals surface area contributed by atoms with E-state index in [1.54, 1.807) is 18.7 Å². The Morgan fingerprint density at radius 3 is 2.83 bits per heavy atom. The summed E-state index contributed by atoms with van der Waals surface area (Å²) in [5, 5.41) is 2.94. The van der Waals surface area contributed by atoms with Gasteiger partial charge in [0.05, 0.1) is 6.26 Å². The van der Waals surface area contributed by atoms with Gasteiger partial charge in [-0.3, -0.25) is 9.78 Å². The van der Waals surface area contributed by atoms with Crippen LogP contribution in [0.1, 0.15) is 17.5 Å². The molecule has 3 aromatic rings. The number of hydrogen-bond donors (Lipinski definition) is 1. The number of furan rings is 1. The first-order valence-electron chi connectivity index (χ1n) is 7.70. The van der Waals surface area contributed by atoms with Crippen LogP contribution in [0.4, 0.5) is 0 Å². The third-order valence-corrected chi connectivity index (χ3v) is 4.44. The van der Waals surface area contributed by atoms with E-state index >= 15 is 0 Å². The summed E-state index contributed by atoms with van der Waals surface area (Å²) >= 11 is 3.50. The van der Waals surface area contributed by atoms with E-state index in [1.165, 1.54) is 0 Å². The van der Waals surface area contributed by atoms with Crippen molar-refractivity contribution < 1.29 is 9.21 Å². The molecule has 5 heteroatoms. The molecule has 2 heterocycles. The molecule has 24 heavy (non-hydrogen) atoms. The zero-order chi connectivity index (χ0) is 16.8. The summed E-state index contributed by atoms with van der Waals surface area (Å²) in [6.07, 6.45) is 6.29. The normalized spacial score (nSPS) is 10.5. The summed E-state index contributed by atoms with van der Waals surface area (Å²) in [7, 11) is 0. The smallest absolute Gasteiger partial charge is 0.220 e. The fraction of sp³-hybridized carbons (Fsp3) is 0.158. The van der Waals surface area contributed by atoms with Gasteiger partial charge in [-0.15, -0.1) is 0 Å². The molecule has 0 atom stereocenters. The van der Waals surface area contributed by atoms with Crippen LogP contribution < -0.4 is 5.32 Å². The molecule has 122 valence electrons. The SMILES string of the molecule is O=C(CCc1ccccc1Br)NCc1cncc(-c2ccco2)c1. The van der Waals surface area contributed by atoms with Crippen LogP contribution in [0.25, 0.3) is 11.3 Å². The third-order valence-electron chi connectivity index (χ3n) is 3.67. The minimum atomic E-state index is 0.0224. The molecule has 4 nitrogen and oxygen atoms in total. The molecule has 0 aliphatic rings. The highest BCUT2D eigenvalue weighted by atomic mass is 79.9. The average molecular weight is 385 g/mol. The van der Waals surface area contributed by atoms with Crippen LogP contribution >= 0.6 is 15.9 Å². The second-order valence-corrected chi connectivity index (χ2v) is 6.28. The molecule has 0 aliphatic heterocycles. The van der Waals surface area contributed by atoms with Crippen LogP contribution in [-0.4, -0.2) is 10.9 Å². The maximum absolute atomic E-state index is 12.0. The van der Waals surface area contributed by atoms with Crippen LogP contribution in [0.15, 0.2) is 70.0 Å². The lowest BCUT2D eigenvalue weighted by molar-refractivity contribution is -0.121. The minimum absolute atomic E-state index is 0.0224. The van der Waals surface area contributed by atoms with Gasteiger partial charge in [0.2, 0.25) is 5.91 Å². The molecule has 2 aromatic heterocycles. The van der Waals surface area contributed by atoms with Crippen molar-refractivity contribution in [2.45, 2.75) is 19.4 Å². The molecule has 0 bridgehead atoms. The molecule has 0 unspecified atom stereocenters. The summed E-state index contributed by atoms with van der Waals surface area (Å²) in [4.78, 5) is 16.3. The molecule has 0 saturated heterocycles. The second kappa shape index (κ2) is 7.93. The first kappa shape index (κ1) is 16.5. The number of benzene rings is 1. The van der Waals surface area contributed by atoms with Gasteiger partial charge in [0.15, 0.2) is 0 Å². The van der Waals surface area contributed by atoms with E-state index in [1.807, 2.05) is 42.5 Å². The summed E-state index contributed by atoms with van der Waals surface area (Å²) < 4.78 is 6.40. The average Bonchev–Trinajstić information content (AvgIpc) is 3.14. The highest BCUT2D eigenvalue weighted by Crippen LogP contribution is 2.20. The van der Waals surface area contributed by atoms with Crippen LogP contribution in [0.2, 0.25) is 0 Å². The summed E-state index contributed by atoms with van der Waals surface area (Å²) in [6, 6.07) is 13.6. The maximum Gasteiger partial charge on any atom is 0.220 e. The van der Waals surface area contributed by atoms with E-state index in [-0.39, 0.29) is 5.91 Å². The number of rotatable bonds is 6. The van der Waals surface area contributed by atoms with Crippen LogP contribution in [0.5, 0.6) is 0 Å². The highest BCUT2D eigenvalue weighted by Gasteiger charge is 2.06. The quantitative estimate of drug-likeness (QED) is 0.686. The number of amides is 1. The fourth-order valence-corrected chi connectivity index (χ4v) is 2.88. The third kappa shape index (κ3) is 4.32. The highest BCUT2D eigenvalue weighted by molar-refractivity contribution is 9.10. The molecule has 1 amide bonds. The monoisotopic (exact) mass is 384 g/mol. The predicted octanol–water partition coefficient (Wildman–Crippen LogP) is 4.35. The molecule has 1 aromatic carbocycles. The Balaban J connectivity index is 1.53. The summed E-state index contributed by atoms with van der Waals surface area (Å²) in [5.41, 5.74) is 2.98. The lowest BCUT2D eigenvalue weighted by Crippen LogP contribution is -2.23. The van der Waals surface area contributed by atoms with Crippen molar-refractivity contribution in [2.75, 3.05) is 0 Å². The van der Waals surface area contributed by atoms with E-state index in [0.717, 1.165) is 26.9 Å². The number of nitrogens with zero attached hydrogens (tertiary/aromatic N) is 1. The van der Waals surface area contributed by atoms with Gasteiger partial charge in [-0.25, -0.2) is 0 Å². The van der Waals surface area contributed by atoms with Gasteiger partial charge in [0.1, 0.15) is 5.76 Å². The molecule has 0 spiro atoms. The van der Waals surface area contributed by atoms with Crippen molar-refractivity contribution in [3.8, 4) is 11.3 Å². The molecule has 0 saturated carbocycles. The van der Waals surface area contributed by atoms with Gasteiger partial charge in [-0.2, -0.15) is 0 Å². The van der Waals surface area contributed by atoms with Crippen molar-refractivity contribution in [1.82, 2.24) is 10.3 Å². The number of halogens is 1. The van der Waals surface area contributed by atoms with Crippen LogP contribution in [0, 0.1) is 0 Å². The standard InChI is InChI=1S/C19H17BrN2O2/c20-17-5-2-1-4-15(17)7-8-19(23)22-12-14-10-16(13-21-11-14)18-6-3-9-24-18/h1-6,9-11,13H,7-8,12H2,(H,22,23). The Labute approximate surface area is 149 Å². The number of aryl methyl sites for hydroxylation is 1. The Kier molecular flexibility index (Phi) is 5.43.